The highest BCUT2D eigenvalue weighted by Crippen LogP contribution is 2.36. The largest absolute Gasteiger partial charge is 0.500 e. The highest BCUT2D eigenvalue weighted by Gasteiger charge is 2.52. The Bertz CT molecular complexity index is 495. The average molecular weight is 259 g/mol. The van der Waals surface area contributed by atoms with Crippen LogP contribution in [0.1, 0.15) is 27.7 Å². The Labute approximate surface area is 114 Å². The summed E-state index contributed by atoms with van der Waals surface area (Å²) in [7, 11) is -0.494. The molecule has 1 saturated heterocycles. The summed E-state index contributed by atoms with van der Waals surface area (Å²) in [6.07, 6.45) is 8.40. The maximum Gasteiger partial charge on any atom is 0.500 e. The maximum absolute atomic E-state index is 5.98. The standard InChI is InChI=1S/C13H18BN3O2/c1-6-7-16-11-10(8-15-9-17-11)14-18-12(2,3)13(4,5)19-14/h1,8-9H,7H2,2-5H3,(H,15,16,17). The minimum atomic E-state index is -0.494. The van der Waals surface area contributed by atoms with Gasteiger partial charge in [0.1, 0.15) is 12.1 Å². The molecule has 1 N–H and O–H groups in total. The first kappa shape index (κ1) is 13.8. The quantitative estimate of drug-likeness (QED) is 0.643. The zero-order valence-electron chi connectivity index (χ0n) is 11.7. The molecule has 0 amide bonds. The molecular weight excluding hydrogens is 241 g/mol. The second kappa shape index (κ2) is 4.84. The lowest BCUT2D eigenvalue weighted by Gasteiger charge is -2.32. The van der Waals surface area contributed by atoms with Gasteiger partial charge in [-0.3, -0.25) is 0 Å². The molecule has 5 nitrogen and oxygen atoms in total. The monoisotopic (exact) mass is 259 g/mol. The van der Waals surface area contributed by atoms with Crippen molar-refractivity contribution < 1.29 is 9.31 Å². The Balaban J connectivity index is 2.27. The summed E-state index contributed by atoms with van der Waals surface area (Å²) in [6.45, 7) is 8.41. The Morgan fingerprint density at radius 1 is 1.32 bits per heavy atom. The molecule has 100 valence electrons. The maximum atomic E-state index is 5.98. The molecule has 2 rings (SSSR count). The Morgan fingerprint density at radius 2 is 1.95 bits per heavy atom. The molecule has 2 heterocycles. The summed E-state index contributed by atoms with van der Waals surface area (Å²) in [6, 6.07) is 0. The molecule has 0 unspecified atom stereocenters. The van der Waals surface area contributed by atoms with Crippen LogP contribution in [0.2, 0.25) is 0 Å². The van der Waals surface area contributed by atoms with Gasteiger partial charge in [-0.1, -0.05) is 5.92 Å². The van der Waals surface area contributed by atoms with E-state index in [1.54, 1.807) is 6.20 Å². The fourth-order valence-corrected chi connectivity index (χ4v) is 1.77. The van der Waals surface area contributed by atoms with Gasteiger partial charge in [-0.2, -0.15) is 0 Å². The molecule has 19 heavy (non-hydrogen) atoms. The molecule has 0 aromatic carbocycles. The number of aromatic nitrogens is 2. The van der Waals surface area contributed by atoms with E-state index in [1.807, 2.05) is 27.7 Å². The minimum Gasteiger partial charge on any atom is -0.399 e. The molecule has 1 aliphatic rings. The van der Waals surface area contributed by atoms with Crippen molar-refractivity contribution in [3.63, 3.8) is 0 Å². The van der Waals surface area contributed by atoms with Gasteiger partial charge in [0.05, 0.1) is 17.7 Å². The van der Waals surface area contributed by atoms with E-state index in [1.165, 1.54) is 6.33 Å². The number of nitrogens with one attached hydrogen (secondary N) is 1. The van der Waals surface area contributed by atoms with Crippen LogP contribution in [0.25, 0.3) is 0 Å². The molecule has 0 bridgehead atoms. The van der Waals surface area contributed by atoms with Crippen LogP contribution in [-0.4, -0.2) is 34.8 Å². The van der Waals surface area contributed by atoms with Gasteiger partial charge >= 0.3 is 7.12 Å². The van der Waals surface area contributed by atoms with Crippen LogP contribution in [0.4, 0.5) is 5.82 Å². The molecule has 1 fully saturated rings. The third kappa shape index (κ3) is 2.58. The van der Waals surface area contributed by atoms with Crippen molar-refractivity contribution >= 4 is 18.4 Å². The molecule has 1 aromatic rings. The third-order valence-electron chi connectivity index (χ3n) is 3.61. The number of hydrogen-bond donors (Lipinski definition) is 1. The van der Waals surface area contributed by atoms with Crippen molar-refractivity contribution in [2.24, 2.45) is 0 Å². The molecule has 0 atom stereocenters. The van der Waals surface area contributed by atoms with E-state index in [9.17, 15) is 0 Å². The van der Waals surface area contributed by atoms with Gasteiger partial charge in [0.25, 0.3) is 0 Å². The molecular formula is C13H18BN3O2. The van der Waals surface area contributed by atoms with Crippen LogP contribution < -0.4 is 10.8 Å². The summed E-state index contributed by atoms with van der Waals surface area (Å²) in [5, 5.41) is 3.05. The van der Waals surface area contributed by atoms with Gasteiger partial charge in [0.15, 0.2) is 0 Å². The highest BCUT2D eigenvalue weighted by atomic mass is 16.7. The van der Waals surface area contributed by atoms with E-state index in [0.29, 0.717) is 12.4 Å². The second-order valence-electron chi connectivity index (χ2n) is 5.47. The van der Waals surface area contributed by atoms with E-state index in [4.69, 9.17) is 15.7 Å². The Morgan fingerprint density at radius 3 is 2.53 bits per heavy atom. The lowest BCUT2D eigenvalue weighted by molar-refractivity contribution is 0.00578. The zero-order chi connectivity index (χ0) is 14.1. The predicted octanol–water partition coefficient (Wildman–Crippen LogP) is 0.821. The number of rotatable bonds is 3. The van der Waals surface area contributed by atoms with E-state index >= 15 is 0 Å². The van der Waals surface area contributed by atoms with Crippen LogP contribution in [-0.2, 0) is 9.31 Å². The molecule has 0 aliphatic carbocycles. The molecule has 1 aliphatic heterocycles. The Kier molecular flexibility index (Phi) is 3.53. The first-order valence-electron chi connectivity index (χ1n) is 6.20. The van der Waals surface area contributed by atoms with Crippen LogP contribution in [0.15, 0.2) is 12.5 Å². The summed E-state index contributed by atoms with van der Waals surface area (Å²) in [5.41, 5.74) is -0.0234. The predicted molar refractivity (Wildman–Crippen MR) is 75.1 cm³/mol. The van der Waals surface area contributed by atoms with E-state index in [-0.39, 0.29) is 0 Å². The summed E-state index contributed by atoms with van der Waals surface area (Å²) in [4.78, 5) is 8.21. The number of hydrogen-bond acceptors (Lipinski definition) is 5. The van der Waals surface area contributed by atoms with Gasteiger partial charge in [-0.05, 0) is 27.7 Å². The van der Waals surface area contributed by atoms with Gasteiger partial charge in [-0.15, -0.1) is 6.42 Å². The second-order valence-corrected chi connectivity index (χ2v) is 5.47. The fourth-order valence-electron chi connectivity index (χ4n) is 1.77. The minimum absolute atomic E-state index is 0.392. The SMILES string of the molecule is C#CCNc1ncncc1B1OC(C)(C)C(C)(C)O1. The molecule has 0 spiro atoms. The van der Waals surface area contributed by atoms with Crippen molar-refractivity contribution in [1.29, 1.82) is 0 Å². The van der Waals surface area contributed by atoms with Crippen molar-refractivity contribution in [2.75, 3.05) is 11.9 Å². The molecule has 1 aromatic heterocycles. The number of nitrogens with zero attached hydrogens (tertiary/aromatic N) is 2. The van der Waals surface area contributed by atoms with Crippen LogP contribution in [0.5, 0.6) is 0 Å². The molecule has 0 radical (unpaired) electrons. The fraction of sp³-hybridized carbons (Fsp3) is 0.538. The lowest BCUT2D eigenvalue weighted by Crippen LogP contribution is -2.41. The van der Waals surface area contributed by atoms with Crippen molar-refractivity contribution in [2.45, 2.75) is 38.9 Å². The van der Waals surface area contributed by atoms with Crippen LogP contribution in [0, 0.1) is 12.3 Å². The normalized spacial score (nSPS) is 20.1. The van der Waals surface area contributed by atoms with E-state index in [0.717, 1.165) is 5.46 Å². The van der Waals surface area contributed by atoms with Gasteiger partial charge in [-0.25, -0.2) is 9.97 Å². The molecule has 0 saturated carbocycles. The van der Waals surface area contributed by atoms with Gasteiger partial charge in [0, 0.05) is 11.7 Å². The summed E-state index contributed by atoms with van der Waals surface area (Å²) in [5.74, 6) is 3.16. The topological polar surface area (TPSA) is 56.3 Å². The first-order valence-corrected chi connectivity index (χ1v) is 6.20. The average Bonchev–Trinajstić information content (AvgIpc) is 2.56. The summed E-state index contributed by atoms with van der Waals surface area (Å²) < 4.78 is 12.0. The van der Waals surface area contributed by atoms with Crippen LogP contribution in [0.3, 0.4) is 0 Å². The van der Waals surface area contributed by atoms with Crippen LogP contribution >= 0.6 is 0 Å². The number of terminal acetylenes is 1. The zero-order valence-corrected chi connectivity index (χ0v) is 11.7. The smallest absolute Gasteiger partial charge is 0.399 e. The van der Waals surface area contributed by atoms with E-state index in [2.05, 4.69) is 21.2 Å². The lowest BCUT2D eigenvalue weighted by atomic mass is 9.80. The first-order chi connectivity index (χ1) is 8.87. The third-order valence-corrected chi connectivity index (χ3v) is 3.61. The van der Waals surface area contributed by atoms with E-state index < -0.39 is 18.3 Å². The van der Waals surface area contributed by atoms with Gasteiger partial charge in [0.2, 0.25) is 0 Å². The van der Waals surface area contributed by atoms with Crippen molar-refractivity contribution in [3.05, 3.63) is 12.5 Å². The van der Waals surface area contributed by atoms with Crippen molar-refractivity contribution in [3.8, 4) is 12.3 Å². The number of anilines is 1. The van der Waals surface area contributed by atoms with Crippen molar-refractivity contribution in [1.82, 2.24) is 9.97 Å². The summed E-state index contributed by atoms with van der Waals surface area (Å²) >= 11 is 0. The molecule has 6 heteroatoms. The highest BCUT2D eigenvalue weighted by molar-refractivity contribution is 6.63. The van der Waals surface area contributed by atoms with Gasteiger partial charge < -0.3 is 14.6 Å². The Hall–Kier alpha value is -1.58.